The largest absolute Gasteiger partial charge is 0.497 e. The maximum absolute atomic E-state index is 13.9. The summed E-state index contributed by atoms with van der Waals surface area (Å²) in [6, 6.07) is 18.1. The first-order valence-corrected chi connectivity index (χ1v) is 14.9. The maximum atomic E-state index is 13.9. The van der Waals surface area contributed by atoms with Crippen molar-refractivity contribution in [2.24, 2.45) is 5.92 Å². The lowest BCUT2D eigenvalue weighted by molar-refractivity contribution is -0.139. The molecular weight excluding hydrogens is 573 g/mol. The summed E-state index contributed by atoms with van der Waals surface area (Å²) in [7, 11) is -2.73. The number of hydrogen-bond acceptors (Lipinski definition) is 5. The van der Waals surface area contributed by atoms with Gasteiger partial charge in [-0.15, -0.1) is 0 Å². The molecule has 0 fully saturated rings. The van der Waals surface area contributed by atoms with Gasteiger partial charge < -0.3 is 15.0 Å². The predicted molar refractivity (Wildman–Crippen MR) is 158 cm³/mol. The minimum Gasteiger partial charge on any atom is -0.497 e. The smallest absolute Gasteiger partial charge is 0.264 e. The van der Waals surface area contributed by atoms with Crippen LogP contribution in [0.4, 0.5) is 5.69 Å². The number of sulfonamides is 1. The van der Waals surface area contributed by atoms with Crippen LogP contribution in [0.1, 0.15) is 26.3 Å². The number of halogens is 2. The van der Waals surface area contributed by atoms with Gasteiger partial charge in [0, 0.05) is 23.1 Å². The van der Waals surface area contributed by atoms with Crippen LogP contribution in [-0.2, 0) is 26.2 Å². The van der Waals surface area contributed by atoms with Crippen LogP contribution in [0.15, 0.2) is 77.7 Å². The monoisotopic (exact) mass is 605 g/mol. The van der Waals surface area contributed by atoms with Crippen LogP contribution in [0.5, 0.6) is 5.75 Å². The van der Waals surface area contributed by atoms with Gasteiger partial charge >= 0.3 is 0 Å². The number of ether oxygens (including phenoxy) is 1. The molecule has 0 heterocycles. The number of hydrogen-bond donors (Lipinski definition) is 1. The Morgan fingerprint density at radius 1 is 0.925 bits per heavy atom. The molecule has 0 saturated heterocycles. The van der Waals surface area contributed by atoms with Gasteiger partial charge in [-0.25, -0.2) is 8.42 Å². The standard InChI is InChI=1S/C29H33Cl2N3O5S/c1-20(2)17-32-29(36)21(3)33(18-22-7-5-6-8-27(22)31)28(35)19-34(24-11-9-23(30)10-12-24)40(37,38)26-15-13-25(39-4)14-16-26/h5-16,20-21H,17-19H2,1-4H3,(H,32,36). The van der Waals surface area contributed by atoms with Gasteiger partial charge in [-0.1, -0.05) is 55.2 Å². The van der Waals surface area contributed by atoms with Crippen molar-refractivity contribution in [1.82, 2.24) is 10.2 Å². The number of amides is 2. The molecule has 11 heteroatoms. The van der Waals surface area contributed by atoms with Gasteiger partial charge in [0.15, 0.2) is 0 Å². The summed E-state index contributed by atoms with van der Waals surface area (Å²) in [5, 5.41) is 3.69. The summed E-state index contributed by atoms with van der Waals surface area (Å²) >= 11 is 12.4. The SMILES string of the molecule is COc1ccc(S(=O)(=O)N(CC(=O)N(Cc2ccccc2Cl)C(C)C(=O)NCC(C)C)c2ccc(Cl)cc2)cc1. The molecule has 214 valence electrons. The number of carbonyl (C=O) groups is 2. The van der Waals surface area contributed by atoms with Gasteiger partial charge in [-0.3, -0.25) is 13.9 Å². The fraction of sp³-hybridized carbons (Fsp3) is 0.310. The van der Waals surface area contributed by atoms with E-state index >= 15 is 0 Å². The van der Waals surface area contributed by atoms with Crippen LogP contribution < -0.4 is 14.4 Å². The Morgan fingerprint density at radius 2 is 1.55 bits per heavy atom. The molecule has 0 radical (unpaired) electrons. The molecule has 2 amide bonds. The molecule has 0 aliphatic rings. The van der Waals surface area contributed by atoms with E-state index in [1.807, 2.05) is 13.8 Å². The maximum Gasteiger partial charge on any atom is 0.264 e. The predicted octanol–water partition coefficient (Wildman–Crippen LogP) is 5.39. The van der Waals surface area contributed by atoms with E-state index in [9.17, 15) is 18.0 Å². The molecule has 3 aromatic carbocycles. The summed E-state index contributed by atoms with van der Waals surface area (Å²) in [6.45, 7) is 5.40. The topological polar surface area (TPSA) is 96.0 Å². The number of carbonyl (C=O) groups excluding carboxylic acids is 2. The van der Waals surface area contributed by atoms with E-state index in [-0.39, 0.29) is 29.0 Å². The Kier molecular flexibility index (Phi) is 10.8. The Bertz CT molecular complexity index is 1410. The summed E-state index contributed by atoms with van der Waals surface area (Å²) in [4.78, 5) is 28.3. The van der Waals surface area contributed by atoms with Crippen LogP contribution in [-0.4, -0.2) is 51.4 Å². The van der Waals surface area contributed by atoms with E-state index in [2.05, 4.69) is 5.32 Å². The normalized spacial score (nSPS) is 12.1. The van der Waals surface area contributed by atoms with Crippen LogP contribution >= 0.6 is 23.2 Å². The summed E-state index contributed by atoms with van der Waals surface area (Å²) in [6.07, 6.45) is 0. The number of nitrogens with one attached hydrogen (secondary N) is 1. The van der Waals surface area contributed by atoms with E-state index in [0.29, 0.717) is 27.9 Å². The summed E-state index contributed by atoms with van der Waals surface area (Å²) < 4.78 is 33.9. The average Bonchev–Trinajstić information content (AvgIpc) is 2.94. The van der Waals surface area contributed by atoms with Crippen LogP contribution in [0, 0.1) is 5.92 Å². The molecule has 3 rings (SSSR count). The summed E-state index contributed by atoms with van der Waals surface area (Å²) in [5.74, 6) is -0.247. The van der Waals surface area contributed by atoms with Crippen molar-refractivity contribution in [3.8, 4) is 5.75 Å². The highest BCUT2D eigenvalue weighted by molar-refractivity contribution is 7.92. The van der Waals surface area contributed by atoms with Crippen molar-refractivity contribution in [1.29, 1.82) is 0 Å². The second kappa shape index (κ2) is 13.9. The molecule has 0 saturated carbocycles. The van der Waals surface area contributed by atoms with Crippen LogP contribution in [0.2, 0.25) is 10.0 Å². The van der Waals surface area contributed by atoms with E-state index in [4.69, 9.17) is 27.9 Å². The Morgan fingerprint density at radius 3 is 2.12 bits per heavy atom. The first kappa shape index (κ1) is 31.3. The molecule has 0 bridgehead atoms. The number of anilines is 1. The highest BCUT2D eigenvalue weighted by atomic mass is 35.5. The third-order valence-corrected chi connectivity index (χ3v) is 8.60. The average molecular weight is 607 g/mol. The van der Waals surface area contributed by atoms with E-state index in [1.54, 1.807) is 43.3 Å². The molecule has 8 nitrogen and oxygen atoms in total. The Hall–Kier alpha value is -3.27. The van der Waals surface area contributed by atoms with E-state index in [0.717, 1.165) is 4.31 Å². The lowest BCUT2D eigenvalue weighted by Gasteiger charge is -2.32. The first-order valence-electron chi connectivity index (χ1n) is 12.7. The van der Waals surface area contributed by atoms with Gasteiger partial charge in [-0.2, -0.15) is 0 Å². The van der Waals surface area contributed by atoms with Crippen molar-refractivity contribution in [2.45, 2.75) is 38.3 Å². The lowest BCUT2D eigenvalue weighted by atomic mass is 10.1. The molecule has 1 N–H and O–H groups in total. The second-order valence-corrected chi connectivity index (χ2v) is 12.3. The minimum absolute atomic E-state index is 0.00577. The molecule has 0 aromatic heterocycles. The number of nitrogens with zero attached hydrogens (tertiary/aromatic N) is 2. The highest BCUT2D eigenvalue weighted by Gasteiger charge is 2.32. The van der Waals surface area contributed by atoms with E-state index < -0.39 is 28.5 Å². The molecular formula is C29H33Cl2N3O5S. The number of benzene rings is 3. The van der Waals surface area contributed by atoms with Crippen molar-refractivity contribution in [3.05, 3.63) is 88.4 Å². The molecule has 0 aliphatic carbocycles. The van der Waals surface area contributed by atoms with Crippen molar-refractivity contribution in [3.63, 3.8) is 0 Å². The summed E-state index contributed by atoms with van der Waals surface area (Å²) in [5.41, 5.74) is 0.861. The highest BCUT2D eigenvalue weighted by Crippen LogP contribution is 2.27. The van der Waals surface area contributed by atoms with Crippen molar-refractivity contribution in [2.75, 3.05) is 24.5 Å². The van der Waals surface area contributed by atoms with Gasteiger partial charge in [-0.05, 0) is 73.0 Å². The zero-order valence-corrected chi connectivity index (χ0v) is 25.1. The fourth-order valence-corrected chi connectivity index (χ4v) is 5.59. The molecule has 3 aromatic rings. The minimum atomic E-state index is -4.21. The molecule has 0 spiro atoms. The third-order valence-electron chi connectivity index (χ3n) is 6.19. The van der Waals surface area contributed by atoms with Gasteiger partial charge in [0.1, 0.15) is 18.3 Å². The molecule has 1 unspecified atom stereocenters. The van der Waals surface area contributed by atoms with E-state index in [1.165, 1.54) is 48.4 Å². The molecule has 0 aliphatic heterocycles. The lowest BCUT2D eigenvalue weighted by Crippen LogP contribution is -2.51. The van der Waals surface area contributed by atoms with Crippen LogP contribution in [0.25, 0.3) is 0 Å². The second-order valence-electron chi connectivity index (χ2n) is 9.59. The van der Waals surface area contributed by atoms with Gasteiger partial charge in [0.25, 0.3) is 10.0 Å². The van der Waals surface area contributed by atoms with Crippen LogP contribution in [0.3, 0.4) is 0 Å². The Balaban J connectivity index is 2.02. The Labute approximate surface area is 245 Å². The van der Waals surface area contributed by atoms with Gasteiger partial charge in [0.05, 0.1) is 17.7 Å². The third kappa shape index (κ3) is 7.90. The molecule has 40 heavy (non-hydrogen) atoms. The quantitative estimate of drug-likeness (QED) is 0.299. The van der Waals surface area contributed by atoms with Gasteiger partial charge in [0.2, 0.25) is 11.8 Å². The van der Waals surface area contributed by atoms with Crippen molar-refractivity contribution >= 4 is 50.7 Å². The molecule has 1 atom stereocenters. The first-order chi connectivity index (χ1) is 18.9. The number of methoxy groups -OCH3 is 1. The zero-order chi connectivity index (χ0) is 29.4. The number of rotatable bonds is 12. The van der Waals surface area contributed by atoms with Crippen molar-refractivity contribution < 1.29 is 22.7 Å². The fourth-order valence-electron chi connectivity index (χ4n) is 3.86. The zero-order valence-electron chi connectivity index (χ0n) is 22.8.